The topological polar surface area (TPSA) is 63.4 Å². The standard InChI is InChI=1S/C15H26N4O2/c1-2-5-12(19-9-7-16-8-10-19)14-17-15(21-18-14)13-6-3-4-11-20-13/h12-13,16H,2-11H2,1H3. The summed E-state index contributed by atoms with van der Waals surface area (Å²) in [6.07, 6.45) is 5.51. The average Bonchev–Trinajstić information content (AvgIpc) is 3.04. The molecule has 0 spiro atoms. The van der Waals surface area contributed by atoms with Gasteiger partial charge in [-0.1, -0.05) is 18.5 Å². The first kappa shape index (κ1) is 14.9. The molecule has 6 nitrogen and oxygen atoms in total. The molecule has 2 atom stereocenters. The molecule has 0 aliphatic carbocycles. The first-order valence-electron chi connectivity index (χ1n) is 8.28. The van der Waals surface area contributed by atoms with Gasteiger partial charge in [0.15, 0.2) is 5.82 Å². The fraction of sp³-hybridized carbons (Fsp3) is 0.867. The highest BCUT2D eigenvalue weighted by Gasteiger charge is 2.28. The monoisotopic (exact) mass is 294 g/mol. The van der Waals surface area contributed by atoms with Crippen LogP contribution in [0.15, 0.2) is 4.52 Å². The maximum Gasteiger partial charge on any atom is 0.255 e. The highest BCUT2D eigenvalue weighted by atomic mass is 16.5. The van der Waals surface area contributed by atoms with Crippen molar-refractivity contribution in [2.75, 3.05) is 32.8 Å². The number of nitrogens with zero attached hydrogens (tertiary/aromatic N) is 3. The van der Waals surface area contributed by atoms with Gasteiger partial charge in [0.05, 0.1) is 6.04 Å². The number of nitrogens with one attached hydrogen (secondary N) is 1. The molecule has 1 aromatic heterocycles. The Kier molecular flexibility index (Phi) is 5.22. The molecule has 0 amide bonds. The summed E-state index contributed by atoms with van der Waals surface area (Å²) in [4.78, 5) is 7.13. The average molecular weight is 294 g/mol. The number of rotatable bonds is 5. The summed E-state index contributed by atoms with van der Waals surface area (Å²) in [7, 11) is 0. The SMILES string of the molecule is CCCC(c1noc(C2CCCCO2)n1)N1CCNCC1. The van der Waals surface area contributed by atoms with Crippen LogP contribution in [0.2, 0.25) is 0 Å². The van der Waals surface area contributed by atoms with E-state index in [1.165, 1.54) is 6.42 Å². The van der Waals surface area contributed by atoms with E-state index in [0.29, 0.717) is 5.89 Å². The van der Waals surface area contributed by atoms with Gasteiger partial charge in [0.1, 0.15) is 6.10 Å². The maximum atomic E-state index is 5.74. The molecular formula is C15H26N4O2. The van der Waals surface area contributed by atoms with E-state index in [2.05, 4.69) is 27.3 Å². The van der Waals surface area contributed by atoms with Gasteiger partial charge in [0.25, 0.3) is 5.89 Å². The fourth-order valence-electron chi connectivity index (χ4n) is 3.19. The second-order valence-corrected chi connectivity index (χ2v) is 5.94. The number of hydrogen-bond donors (Lipinski definition) is 1. The van der Waals surface area contributed by atoms with Crippen LogP contribution in [0.25, 0.3) is 0 Å². The fourth-order valence-corrected chi connectivity index (χ4v) is 3.19. The van der Waals surface area contributed by atoms with Gasteiger partial charge in [0, 0.05) is 32.8 Å². The molecule has 1 aromatic rings. The quantitative estimate of drug-likeness (QED) is 0.897. The van der Waals surface area contributed by atoms with Gasteiger partial charge in [-0.05, 0) is 25.7 Å². The highest BCUT2D eigenvalue weighted by molar-refractivity contribution is 4.98. The molecular weight excluding hydrogens is 268 g/mol. The van der Waals surface area contributed by atoms with Crippen molar-refractivity contribution in [1.29, 1.82) is 0 Å². The van der Waals surface area contributed by atoms with E-state index in [1.54, 1.807) is 0 Å². The maximum absolute atomic E-state index is 5.74. The number of ether oxygens (including phenoxy) is 1. The minimum absolute atomic E-state index is 0.00491. The van der Waals surface area contributed by atoms with Gasteiger partial charge in [-0.25, -0.2) is 0 Å². The summed E-state index contributed by atoms with van der Waals surface area (Å²) in [6.45, 7) is 7.19. The van der Waals surface area contributed by atoms with Crippen LogP contribution in [0.4, 0.5) is 0 Å². The Hall–Kier alpha value is -0.980. The predicted molar refractivity (Wildman–Crippen MR) is 78.9 cm³/mol. The zero-order valence-electron chi connectivity index (χ0n) is 12.9. The van der Waals surface area contributed by atoms with Crippen LogP contribution in [-0.4, -0.2) is 47.8 Å². The molecule has 2 aliphatic heterocycles. The molecule has 1 N–H and O–H groups in total. The zero-order chi connectivity index (χ0) is 14.5. The zero-order valence-corrected chi connectivity index (χ0v) is 12.9. The number of aromatic nitrogens is 2. The first-order valence-corrected chi connectivity index (χ1v) is 8.28. The van der Waals surface area contributed by atoms with Crippen molar-refractivity contribution in [2.24, 2.45) is 0 Å². The van der Waals surface area contributed by atoms with E-state index >= 15 is 0 Å². The first-order chi connectivity index (χ1) is 10.4. The lowest BCUT2D eigenvalue weighted by Gasteiger charge is -2.33. The van der Waals surface area contributed by atoms with E-state index in [9.17, 15) is 0 Å². The van der Waals surface area contributed by atoms with E-state index in [-0.39, 0.29) is 12.1 Å². The van der Waals surface area contributed by atoms with Gasteiger partial charge in [-0.15, -0.1) is 0 Å². The Balaban J connectivity index is 1.71. The van der Waals surface area contributed by atoms with E-state index in [0.717, 1.165) is 64.3 Å². The smallest absolute Gasteiger partial charge is 0.255 e. The molecule has 21 heavy (non-hydrogen) atoms. The Morgan fingerprint density at radius 3 is 2.90 bits per heavy atom. The summed E-state index contributed by atoms with van der Waals surface area (Å²) < 4.78 is 11.2. The van der Waals surface area contributed by atoms with Crippen LogP contribution in [0.1, 0.15) is 62.9 Å². The Morgan fingerprint density at radius 1 is 1.33 bits per heavy atom. The third-order valence-electron chi connectivity index (χ3n) is 4.37. The van der Waals surface area contributed by atoms with Crippen molar-refractivity contribution in [3.8, 4) is 0 Å². The second kappa shape index (κ2) is 7.33. The van der Waals surface area contributed by atoms with Gasteiger partial charge in [-0.2, -0.15) is 4.98 Å². The van der Waals surface area contributed by atoms with E-state index in [4.69, 9.17) is 9.26 Å². The van der Waals surface area contributed by atoms with E-state index < -0.39 is 0 Å². The van der Waals surface area contributed by atoms with Crippen molar-refractivity contribution in [3.63, 3.8) is 0 Å². The normalized spacial score (nSPS) is 25.9. The third-order valence-corrected chi connectivity index (χ3v) is 4.37. The van der Waals surface area contributed by atoms with Gasteiger partial charge >= 0.3 is 0 Å². The Morgan fingerprint density at radius 2 is 2.19 bits per heavy atom. The van der Waals surface area contributed by atoms with Crippen molar-refractivity contribution in [3.05, 3.63) is 11.7 Å². The number of piperazine rings is 1. The summed E-state index contributed by atoms with van der Waals surface area (Å²) in [6, 6.07) is 0.276. The van der Waals surface area contributed by atoms with Crippen LogP contribution >= 0.6 is 0 Å². The largest absolute Gasteiger partial charge is 0.368 e. The van der Waals surface area contributed by atoms with E-state index in [1.807, 2.05) is 0 Å². The van der Waals surface area contributed by atoms with Crippen LogP contribution in [0.3, 0.4) is 0 Å². The minimum Gasteiger partial charge on any atom is -0.368 e. The van der Waals surface area contributed by atoms with Crippen LogP contribution in [0.5, 0.6) is 0 Å². The van der Waals surface area contributed by atoms with Gasteiger partial charge in [-0.3, -0.25) is 4.90 Å². The highest BCUT2D eigenvalue weighted by Crippen LogP contribution is 2.29. The predicted octanol–water partition coefficient (Wildman–Crippen LogP) is 2.06. The Labute approximate surface area is 126 Å². The molecule has 0 aromatic carbocycles. The summed E-state index contributed by atoms with van der Waals surface area (Å²) in [5, 5.41) is 7.65. The molecule has 6 heteroatoms. The van der Waals surface area contributed by atoms with Crippen molar-refractivity contribution in [1.82, 2.24) is 20.4 Å². The van der Waals surface area contributed by atoms with Crippen LogP contribution in [0, 0.1) is 0 Å². The molecule has 0 saturated carbocycles. The summed E-state index contributed by atoms with van der Waals surface area (Å²) >= 11 is 0. The van der Waals surface area contributed by atoms with Crippen molar-refractivity contribution >= 4 is 0 Å². The molecule has 3 rings (SSSR count). The minimum atomic E-state index is 0.00491. The van der Waals surface area contributed by atoms with Gasteiger partial charge in [0.2, 0.25) is 0 Å². The summed E-state index contributed by atoms with van der Waals surface area (Å²) in [5.41, 5.74) is 0. The molecule has 2 unspecified atom stereocenters. The molecule has 2 aliphatic rings. The molecule has 0 radical (unpaired) electrons. The number of hydrogen-bond acceptors (Lipinski definition) is 6. The Bertz CT molecular complexity index is 425. The molecule has 118 valence electrons. The van der Waals surface area contributed by atoms with Crippen LogP contribution in [-0.2, 0) is 4.74 Å². The second-order valence-electron chi connectivity index (χ2n) is 5.94. The summed E-state index contributed by atoms with van der Waals surface area (Å²) in [5.74, 6) is 1.50. The lowest BCUT2D eigenvalue weighted by molar-refractivity contribution is -0.00459. The van der Waals surface area contributed by atoms with Crippen molar-refractivity contribution in [2.45, 2.75) is 51.2 Å². The third kappa shape index (κ3) is 3.62. The van der Waals surface area contributed by atoms with Crippen LogP contribution < -0.4 is 5.32 Å². The van der Waals surface area contributed by atoms with Gasteiger partial charge < -0.3 is 14.6 Å². The lowest BCUT2D eigenvalue weighted by atomic mass is 10.1. The molecule has 2 saturated heterocycles. The molecule has 0 bridgehead atoms. The molecule has 2 fully saturated rings. The lowest BCUT2D eigenvalue weighted by Crippen LogP contribution is -2.45. The van der Waals surface area contributed by atoms with Crippen molar-refractivity contribution < 1.29 is 9.26 Å². The molecule has 3 heterocycles.